The molecule has 0 saturated carbocycles. The number of benzene rings is 1. The molecule has 0 atom stereocenters. The van der Waals surface area contributed by atoms with Crippen molar-refractivity contribution in [1.82, 2.24) is 0 Å². The SMILES string of the molecule is CC(C)C(=O)N(C)c1ccc(CCN)cc1. The van der Waals surface area contributed by atoms with Crippen molar-refractivity contribution >= 4 is 11.6 Å². The third kappa shape index (κ3) is 3.07. The van der Waals surface area contributed by atoms with Crippen LogP contribution in [0.2, 0.25) is 0 Å². The molecule has 0 fully saturated rings. The van der Waals surface area contributed by atoms with Crippen LogP contribution in [0.5, 0.6) is 0 Å². The van der Waals surface area contributed by atoms with E-state index in [4.69, 9.17) is 5.73 Å². The minimum absolute atomic E-state index is 0.0220. The summed E-state index contributed by atoms with van der Waals surface area (Å²) >= 11 is 0. The molecule has 0 spiro atoms. The second-order valence-electron chi connectivity index (χ2n) is 4.26. The normalized spacial score (nSPS) is 10.6. The zero-order valence-corrected chi connectivity index (χ0v) is 10.2. The van der Waals surface area contributed by atoms with Crippen LogP contribution in [0.15, 0.2) is 24.3 Å². The number of carbonyl (C=O) groups is 1. The highest BCUT2D eigenvalue weighted by Crippen LogP contribution is 2.16. The number of amides is 1. The largest absolute Gasteiger partial charge is 0.330 e. The van der Waals surface area contributed by atoms with Crippen molar-refractivity contribution < 1.29 is 4.79 Å². The summed E-state index contributed by atoms with van der Waals surface area (Å²) in [6.07, 6.45) is 0.877. The van der Waals surface area contributed by atoms with Crippen LogP contribution >= 0.6 is 0 Å². The van der Waals surface area contributed by atoms with Crippen LogP contribution in [-0.4, -0.2) is 19.5 Å². The van der Waals surface area contributed by atoms with Gasteiger partial charge in [0.1, 0.15) is 0 Å². The summed E-state index contributed by atoms with van der Waals surface area (Å²) in [7, 11) is 1.81. The standard InChI is InChI=1S/C13H20N2O/c1-10(2)13(16)15(3)12-6-4-11(5-7-12)8-9-14/h4-7,10H,8-9,14H2,1-3H3. The van der Waals surface area contributed by atoms with Crippen LogP contribution in [0, 0.1) is 5.92 Å². The number of carbonyl (C=O) groups excluding carboxylic acids is 1. The number of anilines is 1. The van der Waals surface area contributed by atoms with Gasteiger partial charge in [-0.25, -0.2) is 0 Å². The lowest BCUT2D eigenvalue weighted by Crippen LogP contribution is -2.30. The summed E-state index contributed by atoms with van der Waals surface area (Å²) < 4.78 is 0. The Labute approximate surface area is 97.2 Å². The Morgan fingerprint density at radius 3 is 2.31 bits per heavy atom. The molecule has 0 heterocycles. The fraction of sp³-hybridized carbons (Fsp3) is 0.462. The van der Waals surface area contributed by atoms with Crippen molar-refractivity contribution in [3.05, 3.63) is 29.8 Å². The summed E-state index contributed by atoms with van der Waals surface area (Å²) in [5.41, 5.74) is 7.62. The first kappa shape index (κ1) is 12.7. The molecule has 0 aromatic heterocycles. The van der Waals surface area contributed by atoms with Crippen LogP contribution in [0.1, 0.15) is 19.4 Å². The molecule has 0 saturated heterocycles. The molecule has 0 aliphatic heterocycles. The number of rotatable bonds is 4. The topological polar surface area (TPSA) is 46.3 Å². The summed E-state index contributed by atoms with van der Waals surface area (Å²) in [5.74, 6) is 0.153. The van der Waals surface area contributed by atoms with Crippen molar-refractivity contribution in [3.63, 3.8) is 0 Å². The molecule has 88 valence electrons. The van der Waals surface area contributed by atoms with Crippen LogP contribution in [-0.2, 0) is 11.2 Å². The molecule has 16 heavy (non-hydrogen) atoms. The van der Waals surface area contributed by atoms with Crippen LogP contribution in [0.25, 0.3) is 0 Å². The van der Waals surface area contributed by atoms with E-state index in [2.05, 4.69) is 0 Å². The lowest BCUT2D eigenvalue weighted by Gasteiger charge is -2.19. The highest BCUT2D eigenvalue weighted by molar-refractivity contribution is 5.94. The zero-order chi connectivity index (χ0) is 12.1. The summed E-state index contributed by atoms with van der Waals surface area (Å²) in [6, 6.07) is 7.97. The van der Waals surface area contributed by atoms with E-state index in [1.807, 2.05) is 38.1 Å². The van der Waals surface area contributed by atoms with Gasteiger partial charge in [0.25, 0.3) is 0 Å². The molecule has 3 heteroatoms. The van der Waals surface area contributed by atoms with Crippen molar-refractivity contribution in [3.8, 4) is 0 Å². The molecular formula is C13H20N2O. The highest BCUT2D eigenvalue weighted by atomic mass is 16.2. The van der Waals surface area contributed by atoms with E-state index < -0.39 is 0 Å². The van der Waals surface area contributed by atoms with Gasteiger partial charge < -0.3 is 10.6 Å². The predicted octanol–water partition coefficient (Wildman–Crippen LogP) is 1.81. The van der Waals surface area contributed by atoms with Gasteiger partial charge in [-0.15, -0.1) is 0 Å². The second-order valence-corrected chi connectivity index (χ2v) is 4.26. The van der Waals surface area contributed by atoms with Crippen molar-refractivity contribution in [2.75, 3.05) is 18.5 Å². The monoisotopic (exact) mass is 220 g/mol. The smallest absolute Gasteiger partial charge is 0.229 e. The van der Waals surface area contributed by atoms with Gasteiger partial charge in [-0.05, 0) is 30.7 Å². The third-order valence-corrected chi connectivity index (χ3v) is 2.58. The van der Waals surface area contributed by atoms with E-state index in [1.165, 1.54) is 5.56 Å². The maximum atomic E-state index is 11.8. The fourth-order valence-corrected chi connectivity index (χ4v) is 1.57. The van der Waals surface area contributed by atoms with E-state index in [9.17, 15) is 4.79 Å². The molecule has 1 aromatic carbocycles. The van der Waals surface area contributed by atoms with Gasteiger partial charge in [-0.3, -0.25) is 4.79 Å². The van der Waals surface area contributed by atoms with Crippen LogP contribution in [0.4, 0.5) is 5.69 Å². The minimum Gasteiger partial charge on any atom is -0.330 e. The highest BCUT2D eigenvalue weighted by Gasteiger charge is 2.13. The number of nitrogens with zero attached hydrogens (tertiary/aromatic N) is 1. The van der Waals surface area contributed by atoms with E-state index in [0.717, 1.165) is 12.1 Å². The van der Waals surface area contributed by atoms with Crippen molar-refractivity contribution in [2.45, 2.75) is 20.3 Å². The van der Waals surface area contributed by atoms with Gasteiger partial charge in [0, 0.05) is 18.7 Å². The van der Waals surface area contributed by atoms with Gasteiger partial charge in [0.2, 0.25) is 5.91 Å². The Balaban J connectivity index is 2.77. The molecule has 0 unspecified atom stereocenters. The molecule has 0 bridgehead atoms. The first-order chi connectivity index (χ1) is 7.56. The van der Waals surface area contributed by atoms with Crippen LogP contribution < -0.4 is 10.6 Å². The zero-order valence-electron chi connectivity index (χ0n) is 10.2. The lowest BCUT2D eigenvalue weighted by molar-refractivity contribution is -0.121. The van der Waals surface area contributed by atoms with Gasteiger partial charge in [0.15, 0.2) is 0 Å². The van der Waals surface area contributed by atoms with E-state index in [-0.39, 0.29) is 11.8 Å². The first-order valence-corrected chi connectivity index (χ1v) is 5.63. The van der Waals surface area contributed by atoms with Gasteiger partial charge in [-0.1, -0.05) is 26.0 Å². The van der Waals surface area contributed by atoms with E-state index in [1.54, 1.807) is 11.9 Å². The summed E-state index contributed by atoms with van der Waals surface area (Å²) in [4.78, 5) is 13.5. The molecule has 1 amide bonds. The summed E-state index contributed by atoms with van der Waals surface area (Å²) in [6.45, 7) is 4.46. The number of hydrogen-bond acceptors (Lipinski definition) is 2. The fourth-order valence-electron chi connectivity index (χ4n) is 1.57. The van der Waals surface area contributed by atoms with Crippen molar-refractivity contribution in [1.29, 1.82) is 0 Å². The minimum atomic E-state index is 0.0220. The van der Waals surface area contributed by atoms with Crippen LogP contribution in [0.3, 0.4) is 0 Å². The Morgan fingerprint density at radius 1 is 1.31 bits per heavy atom. The van der Waals surface area contributed by atoms with E-state index >= 15 is 0 Å². The summed E-state index contributed by atoms with van der Waals surface area (Å²) in [5, 5.41) is 0. The third-order valence-electron chi connectivity index (χ3n) is 2.58. The Hall–Kier alpha value is -1.35. The maximum absolute atomic E-state index is 11.8. The lowest BCUT2D eigenvalue weighted by atomic mass is 10.1. The molecule has 1 rings (SSSR count). The first-order valence-electron chi connectivity index (χ1n) is 5.63. The molecule has 0 radical (unpaired) electrons. The second kappa shape index (κ2) is 5.66. The maximum Gasteiger partial charge on any atom is 0.229 e. The van der Waals surface area contributed by atoms with E-state index in [0.29, 0.717) is 6.54 Å². The molecule has 0 aliphatic rings. The average molecular weight is 220 g/mol. The van der Waals surface area contributed by atoms with Gasteiger partial charge >= 0.3 is 0 Å². The molecule has 0 aliphatic carbocycles. The number of hydrogen-bond donors (Lipinski definition) is 1. The molecule has 3 nitrogen and oxygen atoms in total. The molecule has 2 N–H and O–H groups in total. The predicted molar refractivity (Wildman–Crippen MR) is 67.4 cm³/mol. The molecule has 1 aromatic rings. The molecular weight excluding hydrogens is 200 g/mol. The Bertz CT molecular complexity index is 343. The Morgan fingerprint density at radius 2 is 1.88 bits per heavy atom. The van der Waals surface area contributed by atoms with Gasteiger partial charge in [-0.2, -0.15) is 0 Å². The van der Waals surface area contributed by atoms with Crippen molar-refractivity contribution in [2.24, 2.45) is 11.7 Å². The van der Waals surface area contributed by atoms with Gasteiger partial charge in [0.05, 0.1) is 0 Å². The Kier molecular flexibility index (Phi) is 4.50. The number of nitrogens with two attached hydrogens (primary N) is 1. The quantitative estimate of drug-likeness (QED) is 0.841. The average Bonchev–Trinajstić information content (AvgIpc) is 2.28.